The van der Waals surface area contributed by atoms with E-state index in [9.17, 15) is 19.1 Å². The number of aliphatic hydroxyl groups excluding tert-OH is 1. The van der Waals surface area contributed by atoms with Gasteiger partial charge < -0.3 is 14.7 Å². The molecule has 0 aliphatic carbocycles. The molecular formula is C24H25FN2O4. The Hall–Kier alpha value is -3.03. The molecule has 1 amide bonds. The molecule has 6 nitrogen and oxygen atoms in total. The smallest absolute Gasteiger partial charge is 0.295 e. The molecule has 0 aromatic heterocycles. The van der Waals surface area contributed by atoms with Crippen LogP contribution < -0.4 is 0 Å². The van der Waals surface area contributed by atoms with E-state index in [1.165, 1.54) is 11.0 Å². The summed E-state index contributed by atoms with van der Waals surface area (Å²) >= 11 is 0. The fourth-order valence-corrected chi connectivity index (χ4v) is 4.17. The van der Waals surface area contributed by atoms with E-state index in [4.69, 9.17) is 4.74 Å². The molecule has 31 heavy (non-hydrogen) atoms. The number of nitrogens with zero attached hydrogens (tertiary/aromatic N) is 2. The lowest BCUT2D eigenvalue weighted by Crippen LogP contribution is -2.39. The molecule has 0 radical (unpaired) electrons. The van der Waals surface area contributed by atoms with Gasteiger partial charge in [-0.15, -0.1) is 0 Å². The molecule has 1 N–H and O–H groups in total. The number of carbonyl (C=O) groups excluding carboxylic acids is 2. The van der Waals surface area contributed by atoms with Crippen LogP contribution in [0.1, 0.15) is 23.6 Å². The lowest BCUT2D eigenvalue weighted by Gasteiger charge is -2.29. The van der Waals surface area contributed by atoms with Gasteiger partial charge in [-0.25, -0.2) is 4.39 Å². The summed E-state index contributed by atoms with van der Waals surface area (Å²) in [5.41, 5.74) is 0.536. The number of ether oxygens (including phenoxy) is 1. The Kier molecular flexibility index (Phi) is 6.44. The van der Waals surface area contributed by atoms with Gasteiger partial charge in [-0.05, 0) is 12.5 Å². The maximum atomic E-state index is 14.7. The summed E-state index contributed by atoms with van der Waals surface area (Å²) in [7, 11) is 0. The Bertz CT molecular complexity index is 986. The molecule has 1 atom stereocenters. The van der Waals surface area contributed by atoms with E-state index in [2.05, 4.69) is 4.90 Å². The van der Waals surface area contributed by atoms with Crippen LogP contribution in [0.3, 0.4) is 0 Å². The topological polar surface area (TPSA) is 70.1 Å². The van der Waals surface area contributed by atoms with E-state index < -0.39 is 23.5 Å². The van der Waals surface area contributed by atoms with Crippen molar-refractivity contribution in [2.24, 2.45) is 0 Å². The lowest BCUT2D eigenvalue weighted by molar-refractivity contribution is -0.140. The third-order valence-electron chi connectivity index (χ3n) is 5.76. The second-order valence-electron chi connectivity index (χ2n) is 7.69. The van der Waals surface area contributed by atoms with Gasteiger partial charge in [0.05, 0.1) is 24.8 Å². The highest BCUT2D eigenvalue weighted by Crippen LogP contribution is 2.40. The van der Waals surface area contributed by atoms with Crippen LogP contribution in [0, 0.1) is 5.82 Å². The summed E-state index contributed by atoms with van der Waals surface area (Å²) in [5.74, 6) is -2.32. The molecule has 0 spiro atoms. The highest BCUT2D eigenvalue weighted by atomic mass is 19.1. The van der Waals surface area contributed by atoms with Crippen molar-refractivity contribution in [3.63, 3.8) is 0 Å². The van der Waals surface area contributed by atoms with Crippen LogP contribution >= 0.6 is 0 Å². The van der Waals surface area contributed by atoms with E-state index >= 15 is 0 Å². The van der Waals surface area contributed by atoms with Crippen molar-refractivity contribution in [3.05, 3.63) is 77.1 Å². The van der Waals surface area contributed by atoms with Crippen molar-refractivity contribution in [1.82, 2.24) is 9.80 Å². The Labute approximate surface area is 180 Å². The molecule has 4 rings (SSSR count). The van der Waals surface area contributed by atoms with Gasteiger partial charge in [-0.1, -0.05) is 48.5 Å². The summed E-state index contributed by atoms with van der Waals surface area (Å²) in [6.07, 6.45) is 0.628. The largest absolute Gasteiger partial charge is 0.507 e. The minimum Gasteiger partial charge on any atom is -0.507 e. The third kappa shape index (κ3) is 4.38. The van der Waals surface area contributed by atoms with Gasteiger partial charge in [0.2, 0.25) is 0 Å². The Morgan fingerprint density at radius 1 is 1.00 bits per heavy atom. The number of rotatable bonds is 6. The third-order valence-corrected chi connectivity index (χ3v) is 5.76. The zero-order valence-corrected chi connectivity index (χ0v) is 17.2. The first-order chi connectivity index (χ1) is 15.1. The van der Waals surface area contributed by atoms with E-state index in [-0.39, 0.29) is 23.4 Å². The molecule has 2 fully saturated rings. The predicted molar refractivity (Wildman–Crippen MR) is 114 cm³/mol. The van der Waals surface area contributed by atoms with Gasteiger partial charge in [0, 0.05) is 37.3 Å². The van der Waals surface area contributed by atoms with Crippen molar-refractivity contribution < 1.29 is 23.8 Å². The summed E-state index contributed by atoms with van der Waals surface area (Å²) < 4.78 is 20.1. The molecule has 0 bridgehead atoms. The van der Waals surface area contributed by atoms with Crippen LogP contribution in [0.2, 0.25) is 0 Å². The maximum Gasteiger partial charge on any atom is 0.295 e. The van der Waals surface area contributed by atoms with E-state index in [0.717, 1.165) is 19.6 Å². The summed E-state index contributed by atoms with van der Waals surface area (Å²) in [5, 5.41) is 10.9. The van der Waals surface area contributed by atoms with Crippen molar-refractivity contribution in [1.29, 1.82) is 0 Å². The van der Waals surface area contributed by atoms with Gasteiger partial charge in [0.25, 0.3) is 11.7 Å². The number of Topliss-reactive ketones (excluding diaryl/α,β-unsaturated/α-hetero) is 1. The molecule has 2 aliphatic heterocycles. The molecule has 2 aliphatic rings. The number of benzene rings is 2. The summed E-state index contributed by atoms with van der Waals surface area (Å²) in [4.78, 5) is 29.5. The molecule has 2 saturated heterocycles. The molecular weight excluding hydrogens is 399 g/mol. The number of aliphatic hydroxyl groups is 1. The average molecular weight is 424 g/mol. The number of hydrogen-bond acceptors (Lipinski definition) is 5. The first-order valence-electron chi connectivity index (χ1n) is 10.5. The second kappa shape index (κ2) is 9.41. The van der Waals surface area contributed by atoms with Crippen molar-refractivity contribution >= 4 is 17.4 Å². The standard InChI is InChI=1S/C24H25FN2O4/c25-19-10-5-4-9-18(19)21-20(22(28)17-7-2-1-3-8-17)23(29)24(30)27(21)12-6-11-26-13-15-31-16-14-26/h1-5,7-10,21,28H,6,11-16H2/t21-/m1/s1. The van der Waals surface area contributed by atoms with Crippen molar-refractivity contribution in [2.75, 3.05) is 39.4 Å². The molecule has 162 valence electrons. The van der Waals surface area contributed by atoms with E-state index in [1.807, 2.05) is 0 Å². The van der Waals surface area contributed by atoms with Gasteiger partial charge in [0.15, 0.2) is 0 Å². The maximum absolute atomic E-state index is 14.7. The first-order valence-corrected chi connectivity index (χ1v) is 10.5. The van der Waals surface area contributed by atoms with Crippen LogP contribution in [-0.2, 0) is 14.3 Å². The van der Waals surface area contributed by atoms with Crippen LogP contribution in [-0.4, -0.2) is 66.0 Å². The van der Waals surface area contributed by atoms with Gasteiger partial charge in [0.1, 0.15) is 11.6 Å². The minimum atomic E-state index is -0.967. The number of ketones is 1. The van der Waals surface area contributed by atoms with Crippen molar-refractivity contribution in [2.45, 2.75) is 12.5 Å². The van der Waals surface area contributed by atoms with Crippen LogP contribution in [0.25, 0.3) is 5.76 Å². The van der Waals surface area contributed by atoms with Crippen LogP contribution in [0.4, 0.5) is 4.39 Å². The number of morpholine rings is 1. The Balaban J connectivity index is 1.67. The van der Waals surface area contributed by atoms with Gasteiger partial charge >= 0.3 is 0 Å². The zero-order chi connectivity index (χ0) is 21.8. The predicted octanol–water partition coefficient (Wildman–Crippen LogP) is 2.97. The monoisotopic (exact) mass is 424 g/mol. The van der Waals surface area contributed by atoms with E-state index in [0.29, 0.717) is 25.2 Å². The van der Waals surface area contributed by atoms with E-state index in [1.54, 1.807) is 48.5 Å². The first kappa shape index (κ1) is 21.2. The second-order valence-corrected chi connectivity index (χ2v) is 7.69. The van der Waals surface area contributed by atoms with Gasteiger partial charge in [-0.2, -0.15) is 0 Å². The highest BCUT2D eigenvalue weighted by molar-refractivity contribution is 6.46. The minimum absolute atomic E-state index is 0.0762. The molecule has 2 aromatic carbocycles. The fourth-order valence-electron chi connectivity index (χ4n) is 4.17. The number of halogens is 1. The van der Waals surface area contributed by atoms with Gasteiger partial charge in [-0.3, -0.25) is 14.5 Å². The van der Waals surface area contributed by atoms with Crippen LogP contribution in [0.5, 0.6) is 0 Å². The zero-order valence-electron chi connectivity index (χ0n) is 17.2. The Morgan fingerprint density at radius 2 is 1.68 bits per heavy atom. The summed E-state index contributed by atoms with van der Waals surface area (Å²) in [6.45, 7) is 4.03. The molecule has 0 unspecified atom stereocenters. The number of carbonyl (C=O) groups is 2. The quantitative estimate of drug-likeness (QED) is 0.439. The molecule has 7 heteroatoms. The molecule has 0 saturated carbocycles. The molecule has 2 heterocycles. The van der Waals surface area contributed by atoms with Crippen LogP contribution in [0.15, 0.2) is 60.2 Å². The van der Waals surface area contributed by atoms with Crippen molar-refractivity contribution in [3.8, 4) is 0 Å². The normalized spacial score (nSPS) is 21.6. The average Bonchev–Trinajstić information content (AvgIpc) is 3.05. The number of likely N-dealkylation sites (tertiary alicyclic amines) is 1. The molecule has 2 aromatic rings. The highest BCUT2D eigenvalue weighted by Gasteiger charge is 2.46. The lowest BCUT2D eigenvalue weighted by atomic mass is 9.95. The number of amides is 1. The SMILES string of the molecule is O=C1C(=O)N(CCCN2CCOCC2)[C@H](c2ccccc2F)C1=C(O)c1ccccc1. The summed E-state index contributed by atoms with van der Waals surface area (Å²) in [6, 6.07) is 13.7. The fraction of sp³-hybridized carbons (Fsp3) is 0.333. The number of hydrogen-bond donors (Lipinski definition) is 1. The Morgan fingerprint density at radius 3 is 2.39 bits per heavy atom.